The Kier molecular flexibility index (Phi) is 5.55. The Morgan fingerprint density at radius 2 is 2.33 bits per heavy atom. The molecule has 0 radical (unpaired) electrons. The van der Waals surface area contributed by atoms with Crippen molar-refractivity contribution >= 4 is 21.6 Å². The average molecular weight is 314 g/mol. The molecular weight excluding hydrogens is 302 g/mol. The van der Waals surface area contributed by atoms with Gasteiger partial charge in [0.1, 0.15) is 18.4 Å². The van der Waals surface area contributed by atoms with Gasteiger partial charge < -0.3 is 4.74 Å². The number of hydrogen-bond donors (Lipinski definition) is 1. The molecule has 0 saturated carbocycles. The number of rotatable bonds is 6. The van der Waals surface area contributed by atoms with E-state index >= 15 is 0 Å². The number of hydrogen-bond acceptors (Lipinski definition) is 5. The van der Waals surface area contributed by atoms with Crippen LogP contribution in [0.5, 0.6) is 5.75 Å². The third-order valence-corrected chi connectivity index (χ3v) is 2.55. The van der Waals surface area contributed by atoms with Crippen LogP contribution in [0.25, 0.3) is 0 Å². The van der Waals surface area contributed by atoms with Gasteiger partial charge in [-0.3, -0.25) is 15.4 Å². The molecule has 0 heterocycles. The first-order valence-electron chi connectivity index (χ1n) is 5.27. The standard InChI is InChI=1S/C11H12BrN3O3/c1-2-14-9(6-13)7-18-11-4-8(12)3-10(5-11)15(16)17/h3-5,9,14H,2,7H2,1H3. The molecule has 1 aromatic rings. The molecule has 18 heavy (non-hydrogen) atoms. The molecule has 96 valence electrons. The van der Waals surface area contributed by atoms with E-state index in [4.69, 9.17) is 10.00 Å². The van der Waals surface area contributed by atoms with Gasteiger partial charge in [0.15, 0.2) is 0 Å². The van der Waals surface area contributed by atoms with Crippen molar-refractivity contribution in [2.75, 3.05) is 13.2 Å². The van der Waals surface area contributed by atoms with E-state index in [1.165, 1.54) is 12.1 Å². The zero-order chi connectivity index (χ0) is 13.5. The molecule has 6 nitrogen and oxygen atoms in total. The molecule has 1 N–H and O–H groups in total. The van der Waals surface area contributed by atoms with Crippen LogP contribution < -0.4 is 10.1 Å². The van der Waals surface area contributed by atoms with Crippen LogP contribution in [-0.2, 0) is 0 Å². The quantitative estimate of drug-likeness (QED) is 0.642. The molecule has 0 spiro atoms. The summed E-state index contributed by atoms with van der Waals surface area (Å²) in [5, 5.41) is 22.4. The number of nitrogens with one attached hydrogen (secondary N) is 1. The maximum Gasteiger partial charge on any atom is 0.274 e. The number of nitro benzene ring substituents is 1. The monoisotopic (exact) mass is 313 g/mol. The average Bonchev–Trinajstić information content (AvgIpc) is 2.33. The van der Waals surface area contributed by atoms with Crippen molar-refractivity contribution < 1.29 is 9.66 Å². The highest BCUT2D eigenvalue weighted by atomic mass is 79.9. The molecule has 1 unspecified atom stereocenters. The highest BCUT2D eigenvalue weighted by Crippen LogP contribution is 2.26. The highest BCUT2D eigenvalue weighted by molar-refractivity contribution is 9.10. The molecule has 1 atom stereocenters. The largest absolute Gasteiger partial charge is 0.491 e. The van der Waals surface area contributed by atoms with E-state index in [1.807, 2.05) is 13.0 Å². The van der Waals surface area contributed by atoms with Crippen molar-refractivity contribution in [3.8, 4) is 11.8 Å². The number of likely N-dealkylation sites (N-methyl/N-ethyl adjacent to an activating group) is 1. The molecular formula is C11H12BrN3O3. The fourth-order valence-corrected chi connectivity index (χ4v) is 1.76. The minimum Gasteiger partial charge on any atom is -0.491 e. The zero-order valence-corrected chi connectivity index (χ0v) is 11.3. The van der Waals surface area contributed by atoms with Crippen LogP contribution in [0.2, 0.25) is 0 Å². The second kappa shape index (κ2) is 6.93. The van der Waals surface area contributed by atoms with Gasteiger partial charge in [0.05, 0.1) is 17.1 Å². The van der Waals surface area contributed by atoms with E-state index in [0.29, 0.717) is 16.8 Å². The van der Waals surface area contributed by atoms with Gasteiger partial charge in [-0.05, 0) is 12.6 Å². The molecule has 0 aromatic heterocycles. The summed E-state index contributed by atoms with van der Waals surface area (Å²) in [6.07, 6.45) is 0. The summed E-state index contributed by atoms with van der Waals surface area (Å²) < 4.78 is 5.92. The number of benzene rings is 1. The van der Waals surface area contributed by atoms with Gasteiger partial charge in [-0.2, -0.15) is 5.26 Å². The zero-order valence-electron chi connectivity index (χ0n) is 9.72. The molecule has 0 saturated heterocycles. The smallest absolute Gasteiger partial charge is 0.274 e. The van der Waals surface area contributed by atoms with Crippen LogP contribution in [0.15, 0.2) is 22.7 Å². The molecule has 0 fully saturated rings. The first kappa shape index (κ1) is 14.4. The molecule has 0 aliphatic rings. The Balaban J connectivity index is 2.73. The van der Waals surface area contributed by atoms with Gasteiger partial charge in [0, 0.05) is 10.5 Å². The van der Waals surface area contributed by atoms with Crippen molar-refractivity contribution in [2.24, 2.45) is 0 Å². The topological polar surface area (TPSA) is 88.2 Å². The van der Waals surface area contributed by atoms with Crippen molar-refractivity contribution in [2.45, 2.75) is 13.0 Å². The third kappa shape index (κ3) is 4.31. The van der Waals surface area contributed by atoms with Gasteiger partial charge in [0.25, 0.3) is 5.69 Å². The number of nitrogens with zero attached hydrogens (tertiary/aromatic N) is 2. The van der Waals surface area contributed by atoms with Gasteiger partial charge in [-0.15, -0.1) is 0 Å². The molecule has 0 aliphatic heterocycles. The number of nitriles is 1. The fraction of sp³-hybridized carbons (Fsp3) is 0.364. The number of non-ortho nitro benzene ring substituents is 1. The second-order valence-corrected chi connectivity index (χ2v) is 4.37. The minimum atomic E-state index is -0.496. The minimum absolute atomic E-state index is 0.0590. The lowest BCUT2D eigenvalue weighted by atomic mass is 10.3. The maximum atomic E-state index is 10.7. The molecule has 0 aliphatic carbocycles. The van der Waals surface area contributed by atoms with Crippen molar-refractivity contribution in [1.82, 2.24) is 5.32 Å². The Morgan fingerprint density at radius 1 is 1.61 bits per heavy atom. The molecule has 1 aromatic carbocycles. The SMILES string of the molecule is CCNC(C#N)COc1cc(Br)cc([N+](=O)[O-])c1. The van der Waals surface area contributed by atoms with Gasteiger partial charge in [0.2, 0.25) is 0 Å². The Bertz CT molecular complexity index is 473. The van der Waals surface area contributed by atoms with Crippen LogP contribution in [0.3, 0.4) is 0 Å². The van der Waals surface area contributed by atoms with Crippen LogP contribution in [0.4, 0.5) is 5.69 Å². The predicted octanol–water partition coefficient (Wildman–Crippen LogP) is 2.24. The van der Waals surface area contributed by atoms with Crippen LogP contribution in [-0.4, -0.2) is 24.1 Å². The Labute approximate surface area is 113 Å². The van der Waals surface area contributed by atoms with Crippen molar-refractivity contribution in [3.05, 3.63) is 32.8 Å². The molecule has 0 bridgehead atoms. The van der Waals surface area contributed by atoms with Crippen LogP contribution in [0.1, 0.15) is 6.92 Å². The van der Waals surface area contributed by atoms with E-state index in [9.17, 15) is 10.1 Å². The first-order valence-corrected chi connectivity index (χ1v) is 6.07. The first-order chi connectivity index (χ1) is 8.56. The van der Waals surface area contributed by atoms with Crippen LogP contribution in [0, 0.1) is 21.4 Å². The van der Waals surface area contributed by atoms with E-state index in [2.05, 4.69) is 21.2 Å². The highest BCUT2D eigenvalue weighted by Gasteiger charge is 2.11. The van der Waals surface area contributed by atoms with E-state index in [1.54, 1.807) is 6.07 Å². The lowest BCUT2D eigenvalue weighted by Crippen LogP contribution is -2.32. The second-order valence-electron chi connectivity index (χ2n) is 3.45. The van der Waals surface area contributed by atoms with Gasteiger partial charge >= 0.3 is 0 Å². The molecule has 1 rings (SSSR count). The Hall–Kier alpha value is -1.65. The number of nitro groups is 1. The summed E-state index contributed by atoms with van der Waals surface area (Å²) in [6, 6.07) is 5.94. The van der Waals surface area contributed by atoms with Crippen molar-refractivity contribution in [1.29, 1.82) is 5.26 Å². The Morgan fingerprint density at radius 3 is 2.89 bits per heavy atom. The number of ether oxygens (including phenoxy) is 1. The summed E-state index contributed by atoms with van der Waals surface area (Å²) in [5.41, 5.74) is -0.0590. The lowest BCUT2D eigenvalue weighted by Gasteiger charge is -2.11. The van der Waals surface area contributed by atoms with Gasteiger partial charge in [-0.1, -0.05) is 22.9 Å². The van der Waals surface area contributed by atoms with Gasteiger partial charge in [-0.25, -0.2) is 0 Å². The van der Waals surface area contributed by atoms with E-state index < -0.39 is 11.0 Å². The fourth-order valence-electron chi connectivity index (χ4n) is 1.30. The molecule has 0 amide bonds. The molecule has 7 heteroatoms. The number of halogens is 1. The van der Waals surface area contributed by atoms with Crippen LogP contribution >= 0.6 is 15.9 Å². The normalized spacial score (nSPS) is 11.6. The summed E-state index contributed by atoms with van der Waals surface area (Å²) >= 11 is 3.17. The predicted molar refractivity (Wildman–Crippen MR) is 69.4 cm³/mol. The summed E-state index contributed by atoms with van der Waals surface area (Å²) in [5.74, 6) is 0.356. The summed E-state index contributed by atoms with van der Waals surface area (Å²) in [4.78, 5) is 10.2. The van der Waals surface area contributed by atoms with E-state index in [-0.39, 0.29) is 12.3 Å². The van der Waals surface area contributed by atoms with Crippen molar-refractivity contribution in [3.63, 3.8) is 0 Å². The maximum absolute atomic E-state index is 10.7. The summed E-state index contributed by atoms with van der Waals surface area (Å²) in [6.45, 7) is 2.67. The summed E-state index contributed by atoms with van der Waals surface area (Å²) in [7, 11) is 0. The van der Waals surface area contributed by atoms with E-state index in [0.717, 1.165) is 0 Å². The lowest BCUT2D eigenvalue weighted by molar-refractivity contribution is -0.385. The third-order valence-electron chi connectivity index (χ3n) is 2.09.